The van der Waals surface area contributed by atoms with Crippen molar-refractivity contribution >= 4 is 70.9 Å². The number of carbonyl (C=O) groups is 12. The molecule has 0 saturated heterocycles. The molecule has 0 aliphatic carbocycles. The van der Waals surface area contributed by atoms with E-state index in [9.17, 15) is 57.5 Å². The first-order valence-corrected chi connectivity index (χ1v) is 33.0. The summed E-state index contributed by atoms with van der Waals surface area (Å²) in [6, 6.07) is -1.56. The van der Waals surface area contributed by atoms with Crippen molar-refractivity contribution in [3.63, 3.8) is 0 Å². The van der Waals surface area contributed by atoms with E-state index >= 15 is 0 Å². The minimum absolute atomic E-state index is 0.00928. The Kier molecular flexibility index (Phi) is 52.4. The molecule has 0 fully saturated rings. The molecule has 0 aromatic rings. The van der Waals surface area contributed by atoms with Gasteiger partial charge in [-0.05, 0) is 38.5 Å². The van der Waals surface area contributed by atoms with Gasteiger partial charge in [0.1, 0.15) is 6.04 Å². The molecule has 2 atom stereocenters. The quantitative estimate of drug-likeness (QED) is 0.0209. The molecular weight excluding hydrogens is 1280 g/mol. The Balaban J connectivity index is 1.50. The molecule has 0 saturated carbocycles. The van der Waals surface area contributed by atoms with E-state index in [4.69, 9.17) is 67.7 Å². The van der Waals surface area contributed by atoms with Crippen LogP contribution < -0.4 is 43.0 Å². The highest BCUT2D eigenvalue weighted by atomic mass is 16.6. The Hall–Kier alpha value is -7.00. The van der Waals surface area contributed by atoms with Crippen LogP contribution in [0.4, 0.5) is 0 Å². The number of hydrogen-bond donors (Lipinski definition) is 9. The van der Waals surface area contributed by atoms with Crippen LogP contribution in [0.2, 0.25) is 0 Å². The molecule has 2 aliphatic rings. The van der Waals surface area contributed by atoms with Gasteiger partial charge in [-0.25, -0.2) is 0 Å². The van der Waals surface area contributed by atoms with Crippen LogP contribution in [0, 0.1) is 0 Å². The van der Waals surface area contributed by atoms with Crippen LogP contribution in [0.3, 0.4) is 0 Å². The lowest BCUT2D eigenvalue weighted by Gasteiger charge is -2.19. The van der Waals surface area contributed by atoms with Crippen molar-refractivity contribution in [2.45, 2.75) is 89.1 Å². The summed E-state index contributed by atoms with van der Waals surface area (Å²) in [4.78, 5) is 146. The van der Waals surface area contributed by atoms with Crippen LogP contribution >= 0.6 is 0 Å². The number of nitrogens with one attached hydrogen (secondary N) is 7. The number of hydrogen-bond acceptors (Lipinski definition) is 25. The molecule has 0 spiro atoms. The van der Waals surface area contributed by atoms with Crippen molar-refractivity contribution in [1.82, 2.24) is 47.0 Å². The molecular formula is C62H104N10O25. The van der Waals surface area contributed by atoms with E-state index in [2.05, 4.69) is 37.2 Å². The molecule has 0 unspecified atom stereocenters. The molecule has 0 aromatic carbocycles. The summed E-state index contributed by atoms with van der Waals surface area (Å²) < 4.78 is 65.3. The van der Waals surface area contributed by atoms with E-state index in [0.717, 1.165) is 34.1 Å². The molecule has 97 heavy (non-hydrogen) atoms. The van der Waals surface area contributed by atoms with Crippen molar-refractivity contribution in [1.29, 1.82) is 0 Å². The number of amides is 11. The monoisotopic (exact) mass is 1390 g/mol. The average molecular weight is 1390 g/mol. The summed E-state index contributed by atoms with van der Waals surface area (Å²) in [6.45, 7) is 7.70. The lowest BCUT2D eigenvalue weighted by atomic mass is 10.1. The lowest BCUT2D eigenvalue weighted by Crippen LogP contribution is -2.47. The SMILES string of the molecule is N[C@@H](CCCCNC(=O)CCOCCOCCOCCOCCNC(=O)[C@@H](CCCCNC(=O)CCOCCOCCNC(=O)CCN1C(=O)C=CC1=O)NC(=O)CCOCCOCCNC(=O)CCN1C(=O)C=CC1=O)C(=O)NCCOCCOCCOCCOCCC(=O)O. The molecule has 11 amide bonds. The molecule has 2 heterocycles. The second-order valence-corrected chi connectivity index (χ2v) is 21.3. The van der Waals surface area contributed by atoms with Gasteiger partial charge in [0.25, 0.3) is 23.6 Å². The third-order valence-corrected chi connectivity index (χ3v) is 13.5. The van der Waals surface area contributed by atoms with Gasteiger partial charge < -0.3 is 105 Å². The lowest BCUT2D eigenvalue weighted by molar-refractivity contribution is -0.139. The molecule has 2 aliphatic heterocycles. The minimum Gasteiger partial charge on any atom is -0.481 e. The van der Waals surface area contributed by atoms with E-state index in [0.29, 0.717) is 124 Å². The number of unbranched alkanes of at least 4 members (excludes halogenated alkanes) is 2. The first-order chi connectivity index (χ1) is 47.1. The van der Waals surface area contributed by atoms with Crippen molar-refractivity contribution in [2.75, 3.05) is 211 Å². The second-order valence-electron chi connectivity index (χ2n) is 21.3. The van der Waals surface area contributed by atoms with E-state index in [1.54, 1.807) is 0 Å². The number of carboxylic acid groups (broad SMARTS) is 1. The fraction of sp³-hybridized carbons (Fsp3) is 0.742. The van der Waals surface area contributed by atoms with Crippen molar-refractivity contribution in [2.24, 2.45) is 5.73 Å². The highest BCUT2D eigenvalue weighted by Crippen LogP contribution is 2.07. The van der Waals surface area contributed by atoms with Gasteiger partial charge in [0.15, 0.2) is 0 Å². The van der Waals surface area contributed by atoms with E-state index < -0.39 is 53.5 Å². The molecule has 35 heteroatoms. The minimum atomic E-state index is -0.912. The molecule has 10 N–H and O–H groups in total. The first-order valence-electron chi connectivity index (χ1n) is 33.0. The van der Waals surface area contributed by atoms with Gasteiger partial charge in [-0.1, -0.05) is 0 Å². The number of nitrogens with zero attached hydrogens (tertiary/aromatic N) is 2. The summed E-state index contributed by atoms with van der Waals surface area (Å²) in [6.07, 6.45) is 7.79. The van der Waals surface area contributed by atoms with Gasteiger partial charge in [0, 0.05) is 109 Å². The zero-order chi connectivity index (χ0) is 70.6. The predicted octanol–water partition coefficient (Wildman–Crippen LogP) is -3.69. The Morgan fingerprint density at radius 1 is 0.330 bits per heavy atom. The van der Waals surface area contributed by atoms with Crippen molar-refractivity contribution in [3.8, 4) is 0 Å². The van der Waals surface area contributed by atoms with Gasteiger partial charge in [0.2, 0.25) is 41.4 Å². The fourth-order valence-electron chi connectivity index (χ4n) is 8.26. The normalized spacial score (nSPS) is 13.3. The van der Waals surface area contributed by atoms with Crippen LogP contribution in [0.15, 0.2) is 24.3 Å². The van der Waals surface area contributed by atoms with Gasteiger partial charge >= 0.3 is 5.97 Å². The molecule has 0 aromatic heterocycles. The zero-order valence-electron chi connectivity index (χ0n) is 55.8. The summed E-state index contributed by atoms with van der Waals surface area (Å²) >= 11 is 0. The Bertz CT molecular complexity index is 2320. The smallest absolute Gasteiger partial charge is 0.305 e. The number of rotatable bonds is 67. The van der Waals surface area contributed by atoms with Crippen LogP contribution in [-0.4, -0.2) is 309 Å². The molecule has 552 valence electrons. The summed E-state index contributed by atoms with van der Waals surface area (Å²) in [5, 5.41) is 27.8. The molecule has 2 rings (SSSR count). The Labute approximate surface area is 565 Å². The summed E-state index contributed by atoms with van der Waals surface area (Å²) in [5.74, 6) is -4.91. The standard InChI is InChI=1S/C62H104N10O25/c63-49(61(84)68-21-31-92-39-43-96-48-46-95-42-36-89-28-16-60(82)83)5-1-3-17-64-53(75)14-26-87-35-41-94-45-47-97-44-40-93-32-22-69-62(85)50(70-55(77)15-27-88-34-38-91-30-20-67-52(74)12-24-72-58(80)9-10-59(72)81)6-2-4-18-65-54(76)13-25-86-33-37-90-29-19-66-51(73)11-23-71-56(78)7-8-57(71)79/h7-10,49-50H,1-6,11-48,63H2,(H,64,75)(H,65,76)(H,66,73)(H,67,74)(H,68,84)(H,69,85)(H,70,77)(H,82,83)/t49-,50+/m0/s1. The average Bonchev–Trinajstić information content (AvgIpc) is 1.78. The number of carboxylic acids is 1. The topological polar surface area (TPSA) is 453 Å². The highest BCUT2D eigenvalue weighted by molar-refractivity contribution is 6.13. The molecule has 35 nitrogen and oxygen atoms in total. The first kappa shape index (κ1) is 86.1. The summed E-state index contributed by atoms with van der Waals surface area (Å²) in [5.41, 5.74) is 6.01. The second kappa shape index (κ2) is 59.1. The Morgan fingerprint density at radius 2 is 0.608 bits per heavy atom. The molecule has 0 bridgehead atoms. The van der Waals surface area contributed by atoms with E-state index in [1.165, 1.54) is 0 Å². The van der Waals surface area contributed by atoms with Crippen molar-refractivity contribution < 1.29 is 119 Å². The predicted molar refractivity (Wildman–Crippen MR) is 343 cm³/mol. The zero-order valence-corrected chi connectivity index (χ0v) is 55.8. The van der Waals surface area contributed by atoms with Crippen LogP contribution in [0.25, 0.3) is 0 Å². The van der Waals surface area contributed by atoms with Crippen LogP contribution in [-0.2, 0) is 114 Å². The fourth-order valence-corrected chi connectivity index (χ4v) is 8.26. The maximum absolute atomic E-state index is 13.3. The van der Waals surface area contributed by atoms with E-state index in [1.807, 2.05) is 0 Å². The van der Waals surface area contributed by atoms with Gasteiger partial charge in [-0.3, -0.25) is 67.3 Å². The number of carbonyl (C=O) groups excluding carboxylic acids is 11. The van der Waals surface area contributed by atoms with Crippen LogP contribution in [0.5, 0.6) is 0 Å². The maximum Gasteiger partial charge on any atom is 0.305 e. The van der Waals surface area contributed by atoms with Gasteiger partial charge in [-0.15, -0.1) is 0 Å². The highest BCUT2D eigenvalue weighted by Gasteiger charge is 2.25. The summed E-state index contributed by atoms with van der Waals surface area (Å²) in [7, 11) is 0. The number of ether oxygens (including phenoxy) is 12. The van der Waals surface area contributed by atoms with Crippen molar-refractivity contribution in [3.05, 3.63) is 24.3 Å². The molecule has 0 radical (unpaired) electrons. The largest absolute Gasteiger partial charge is 0.481 e. The number of aliphatic carboxylic acids is 1. The van der Waals surface area contributed by atoms with Gasteiger partial charge in [-0.2, -0.15) is 0 Å². The maximum atomic E-state index is 13.3. The third-order valence-electron chi connectivity index (χ3n) is 13.5. The number of nitrogens with two attached hydrogens (primary N) is 1. The van der Waals surface area contributed by atoms with E-state index in [-0.39, 0.29) is 193 Å². The van der Waals surface area contributed by atoms with Gasteiger partial charge in [0.05, 0.1) is 171 Å². The third kappa shape index (κ3) is 49.2. The Morgan fingerprint density at radius 3 is 0.969 bits per heavy atom. The van der Waals surface area contributed by atoms with Crippen LogP contribution in [0.1, 0.15) is 77.0 Å². The number of imide groups is 2.